The van der Waals surface area contributed by atoms with Gasteiger partial charge in [-0.1, -0.05) is 44.2 Å². The highest BCUT2D eigenvalue weighted by Gasteiger charge is 2.42. The fourth-order valence-corrected chi connectivity index (χ4v) is 4.46. The first-order chi connectivity index (χ1) is 13.9. The highest BCUT2D eigenvalue weighted by atomic mass is 16.3. The molecule has 2 atom stereocenters. The van der Waals surface area contributed by atoms with E-state index in [4.69, 9.17) is 4.42 Å². The molecule has 0 saturated heterocycles. The lowest BCUT2D eigenvalue weighted by molar-refractivity contribution is -0.124. The summed E-state index contributed by atoms with van der Waals surface area (Å²) in [6.07, 6.45) is 4.05. The van der Waals surface area contributed by atoms with Crippen LogP contribution in [0.25, 0.3) is 11.0 Å². The third-order valence-corrected chi connectivity index (χ3v) is 5.75. The Labute approximate surface area is 168 Å². The quantitative estimate of drug-likeness (QED) is 0.624. The van der Waals surface area contributed by atoms with Gasteiger partial charge < -0.3 is 15.1 Å². The van der Waals surface area contributed by atoms with Crippen LogP contribution in [0.2, 0.25) is 0 Å². The topological polar surface area (TPSA) is 71.3 Å². The van der Waals surface area contributed by atoms with E-state index in [1.54, 1.807) is 12.1 Å². The van der Waals surface area contributed by atoms with Crippen LogP contribution in [-0.2, 0) is 4.79 Å². The van der Waals surface area contributed by atoms with Crippen molar-refractivity contribution in [1.82, 2.24) is 0 Å². The number of fused-ring (bicyclic) bond motifs is 3. The Hall–Kier alpha value is -3.34. The Balaban J connectivity index is 1.74. The van der Waals surface area contributed by atoms with E-state index >= 15 is 0 Å². The third-order valence-electron chi connectivity index (χ3n) is 5.75. The number of para-hydroxylation sites is 3. The Bertz CT molecular complexity index is 1220. The van der Waals surface area contributed by atoms with Crippen molar-refractivity contribution >= 4 is 28.1 Å². The van der Waals surface area contributed by atoms with E-state index < -0.39 is 12.0 Å². The van der Waals surface area contributed by atoms with Crippen molar-refractivity contribution in [2.75, 3.05) is 10.6 Å². The van der Waals surface area contributed by atoms with Gasteiger partial charge >= 0.3 is 0 Å². The maximum Gasteiger partial charge on any atom is 0.197 e. The molecule has 5 rings (SSSR count). The fraction of sp³-hybridized carbons (Fsp3) is 0.250. The molecular formula is C24H22N2O3. The van der Waals surface area contributed by atoms with E-state index in [9.17, 15) is 9.59 Å². The predicted octanol–water partition coefficient (Wildman–Crippen LogP) is 4.87. The van der Waals surface area contributed by atoms with Crippen LogP contribution in [0.3, 0.4) is 0 Å². The maximum atomic E-state index is 13.3. The van der Waals surface area contributed by atoms with Gasteiger partial charge in [0.25, 0.3) is 0 Å². The number of carbonyl (C=O) groups excluding carboxylic acids is 1. The number of benzene rings is 2. The zero-order valence-corrected chi connectivity index (χ0v) is 16.4. The molecule has 5 nitrogen and oxygen atoms in total. The molecule has 2 aliphatic rings. The number of anilines is 2. The zero-order chi connectivity index (χ0) is 20.2. The Morgan fingerprint density at radius 3 is 2.55 bits per heavy atom. The normalized spacial score (nSPS) is 22.6. The summed E-state index contributed by atoms with van der Waals surface area (Å²) in [6.45, 7) is 4.11. The molecule has 2 unspecified atom stereocenters. The number of rotatable bonds is 1. The molecule has 3 aromatic rings. The van der Waals surface area contributed by atoms with Gasteiger partial charge in [-0.25, -0.2) is 0 Å². The van der Waals surface area contributed by atoms with Gasteiger partial charge in [-0.2, -0.15) is 0 Å². The van der Waals surface area contributed by atoms with Gasteiger partial charge in [-0.3, -0.25) is 9.59 Å². The van der Waals surface area contributed by atoms with Gasteiger partial charge in [0.2, 0.25) is 0 Å². The lowest BCUT2D eigenvalue weighted by atomic mass is 9.73. The second-order valence-corrected chi connectivity index (χ2v) is 8.52. The highest BCUT2D eigenvalue weighted by molar-refractivity contribution is 5.90. The average molecular weight is 386 g/mol. The van der Waals surface area contributed by atoms with Crippen LogP contribution in [-0.4, -0.2) is 5.78 Å². The van der Waals surface area contributed by atoms with Gasteiger partial charge in [-0.15, -0.1) is 0 Å². The molecule has 0 radical (unpaired) electrons. The van der Waals surface area contributed by atoms with Crippen molar-refractivity contribution in [3.63, 3.8) is 0 Å². The molecule has 5 heteroatoms. The van der Waals surface area contributed by atoms with Gasteiger partial charge in [0.15, 0.2) is 5.43 Å². The third kappa shape index (κ3) is 2.94. The summed E-state index contributed by atoms with van der Waals surface area (Å²) in [5, 5.41) is 7.42. The summed E-state index contributed by atoms with van der Waals surface area (Å²) in [5.41, 5.74) is 3.23. The molecule has 1 aromatic heterocycles. The minimum atomic E-state index is -0.512. The number of allylic oxidation sites excluding steroid dienone is 1. The number of ketones is 1. The molecule has 0 spiro atoms. The van der Waals surface area contributed by atoms with Crippen LogP contribution in [0, 0.1) is 11.3 Å². The highest BCUT2D eigenvalue weighted by Crippen LogP contribution is 2.44. The molecule has 2 N–H and O–H groups in total. The van der Waals surface area contributed by atoms with E-state index in [2.05, 4.69) is 30.6 Å². The fourth-order valence-electron chi connectivity index (χ4n) is 4.46. The summed E-state index contributed by atoms with van der Waals surface area (Å²) in [5.74, 6) is -0.377. The lowest BCUT2D eigenvalue weighted by Crippen LogP contribution is -2.38. The number of carbonyl (C=O) groups is 1. The van der Waals surface area contributed by atoms with Gasteiger partial charge in [-0.05, 0) is 29.7 Å². The minimum Gasteiger partial charge on any atom is -0.464 e. The smallest absolute Gasteiger partial charge is 0.197 e. The second kappa shape index (κ2) is 6.34. The van der Waals surface area contributed by atoms with Gasteiger partial charge in [0.1, 0.15) is 17.6 Å². The molecule has 0 fully saturated rings. The summed E-state index contributed by atoms with van der Waals surface area (Å²) in [7, 11) is 0. The first-order valence-corrected chi connectivity index (χ1v) is 9.81. The Morgan fingerprint density at radius 2 is 1.72 bits per heavy atom. The Morgan fingerprint density at radius 1 is 1.00 bits per heavy atom. The minimum absolute atomic E-state index is 0.109. The monoisotopic (exact) mass is 386 g/mol. The molecule has 0 amide bonds. The van der Waals surface area contributed by atoms with Crippen molar-refractivity contribution in [1.29, 1.82) is 0 Å². The van der Waals surface area contributed by atoms with Gasteiger partial charge in [0, 0.05) is 12.1 Å². The molecule has 0 bridgehead atoms. The molecule has 0 saturated carbocycles. The van der Waals surface area contributed by atoms with Crippen LogP contribution in [0.1, 0.15) is 31.9 Å². The van der Waals surface area contributed by atoms with E-state index in [0.29, 0.717) is 23.0 Å². The standard InChI is InChI=1S/C24H22N2O3/c1-24(2)11-18-21(19(27)12-24)22(26-17-9-5-4-8-16(17)25-18)15-13-29-20-10-6-3-7-14(20)23(15)28/h3-11,13,21-22,25-26H,12H2,1-2H3. The van der Waals surface area contributed by atoms with E-state index in [1.165, 1.54) is 6.26 Å². The average Bonchev–Trinajstić information content (AvgIpc) is 2.84. The van der Waals surface area contributed by atoms with Crippen molar-refractivity contribution < 1.29 is 9.21 Å². The summed E-state index contributed by atoms with van der Waals surface area (Å²) in [4.78, 5) is 26.6. The number of hydrogen-bond donors (Lipinski definition) is 2. The van der Waals surface area contributed by atoms with E-state index in [-0.39, 0.29) is 16.6 Å². The zero-order valence-electron chi connectivity index (χ0n) is 16.4. The molecule has 1 aliphatic carbocycles. The van der Waals surface area contributed by atoms with Crippen molar-refractivity contribution in [2.45, 2.75) is 26.3 Å². The molecular weight excluding hydrogens is 364 g/mol. The van der Waals surface area contributed by atoms with Crippen LogP contribution < -0.4 is 16.1 Å². The molecule has 2 heterocycles. The first-order valence-electron chi connectivity index (χ1n) is 9.81. The summed E-state index contributed by atoms with van der Waals surface area (Å²) >= 11 is 0. The van der Waals surface area contributed by atoms with Gasteiger partial charge in [0.05, 0.1) is 34.3 Å². The van der Waals surface area contributed by atoms with E-state index in [1.807, 2.05) is 36.4 Å². The van der Waals surface area contributed by atoms with E-state index in [0.717, 1.165) is 17.1 Å². The van der Waals surface area contributed by atoms with Crippen LogP contribution in [0.5, 0.6) is 0 Å². The van der Waals surface area contributed by atoms with Crippen LogP contribution in [0.15, 0.2) is 75.8 Å². The lowest BCUT2D eigenvalue weighted by Gasteiger charge is -2.35. The second-order valence-electron chi connectivity index (χ2n) is 8.52. The summed E-state index contributed by atoms with van der Waals surface area (Å²) < 4.78 is 5.77. The van der Waals surface area contributed by atoms with Crippen LogP contribution in [0.4, 0.5) is 11.4 Å². The molecule has 146 valence electrons. The van der Waals surface area contributed by atoms with Crippen molar-refractivity contribution in [3.05, 3.63) is 82.4 Å². The SMILES string of the molecule is CC1(C)C=C2Nc3ccccc3NC(c3coc4ccccc4c3=O)C2C(=O)C1. The van der Waals surface area contributed by atoms with Crippen LogP contribution >= 0.6 is 0 Å². The Kier molecular flexibility index (Phi) is 3.88. The maximum absolute atomic E-state index is 13.3. The number of Topliss-reactive ketones (excluding diaryl/α,β-unsaturated/α-hetero) is 1. The van der Waals surface area contributed by atoms with Crippen molar-refractivity contribution in [2.24, 2.45) is 11.3 Å². The molecule has 29 heavy (non-hydrogen) atoms. The number of nitrogens with one attached hydrogen (secondary N) is 2. The predicted molar refractivity (Wildman–Crippen MR) is 114 cm³/mol. The molecule has 1 aliphatic heterocycles. The largest absolute Gasteiger partial charge is 0.464 e. The number of hydrogen-bond acceptors (Lipinski definition) is 5. The molecule has 2 aromatic carbocycles. The summed E-state index contributed by atoms with van der Waals surface area (Å²) in [6, 6.07) is 14.5. The first kappa shape index (κ1) is 17.7. The van der Waals surface area contributed by atoms with Crippen molar-refractivity contribution in [3.8, 4) is 0 Å².